The largest absolute Gasteiger partial charge is 0.479 e. The van der Waals surface area contributed by atoms with Crippen LogP contribution < -0.4 is 4.74 Å². The van der Waals surface area contributed by atoms with Gasteiger partial charge in [0.25, 0.3) is 0 Å². The highest BCUT2D eigenvalue weighted by Crippen LogP contribution is 2.31. The van der Waals surface area contributed by atoms with E-state index in [0.717, 1.165) is 5.56 Å². The van der Waals surface area contributed by atoms with E-state index in [1.165, 1.54) is 6.92 Å². The number of halogens is 1. The van der Waals surface area contributed by atoms with Crippen LogP contribution in [0.25, 0.3) is 0 Å². The summed E-state index contributed by atoms with van der Waals surface area (Å²) in [5.41, 5.74) is 1.08. The zero-order valence-electron chi connectivity index (χ0n) is 10.5. The van der Waals surface area contributed by atoms with E-state index in [2.05, 4.69) is 20.8 Å². The van der Waals surface area contributed by atoms with E-state index >= 15 is 0 Å². The molecule has 1 aromatic rings. The van der Waals surface area contributed by atoms with Crippen molar-refractivity contribution in [3.05, 3.63) is 28.8 Å². The molecule has 1 atom stereocenters. The second-order valence-corrected chi connectivity index (χ2v) is 5.40. The third-order valence-electron chi connectivity index (χ3n) is 2.45. The second kappa shape index (κ2) is 4.96. The van der Waals surface area contributed by atoms with Gasteiger partial charge in [-0.2, -0.15) is 0 Å². The van der Waals surface area contributed by atoms with Crippen molar-refractivity contribution in [3.8, 4) is 5.75 Å². The lowest BCUT2D eigenvalue weighted by atomic mass is 9.87. The summed E-state index contributed by atoms with van der Waals surface area (Å²) in [5.74, 6) is -0.615. The Morgan fingerprint density at radius 3 is 2.41 bits per heavy atom. The first-order valence-corrected chi connectivity index (χ1v) is 5.79. The van der Waals surface area contributed by atoms with Crippen LogP contribution in [0.3, 0.4) is 0 Å². The van der Waals surface area contributed by atoms with Gasteiger partial charge in [-0.25, -0.2) is 4.79 Å². The molecule has 0 amide bonds. The van der Waals surface area contributed by atoms with E-state index in [9.17, 15) is 4.79 Å². The lowest BCUT2D eigenvalue weighted by Crippen LogP contribution is -2.23. The number of ether oxygens (including phenoxy) is 1. The van der Waals surface area contributed by atoms with Gasteiger partial charge in [0.2, 0.25) is 0 Å². The highest BCUT2D eigenvalue weighted by Gasteiger charge is 2.18. The van der Waals surface area contributed by atoms with Crippen LogP contribution >= 0.6 is 11.6 Å². The van der Waals surface area contributed by atoms with E-state index in [-0.39, 0.29) is 5.41 Å². The van der Waals surface area contributed by atoms with Crippen molar-refractivity contribution >= 4 is 17.6 Å². The molecule has 0 heterocycles. The van der Waals surface area contributed by atoms with E-state index in [1.54, 1.807) is 6.07 Å². The van der Waals surface area contributed by atoms with Gasteiger partial charge < -0.3 is 9.84 Å². The van der Waals surface area contributed by atoms with Crippen LogP contribution in [0.5, 0.6) is 5.75 Å². The molecule has 0 saturated heterocycles. The molecule has 0 spiro atoms. The Hall–Kier alpha value is -1.22. The van der Waals surface area contributed by atoms with Crippen molar-refractivity contribution < 1.29 is 14.6 Å². The van der Waals surface area contributed by atoms with Crippen LogP contribution in [0.15, 0.2) is 18.2 Å². The Kier molecular flexibility index (Phi) is 4.04. The summed E-state index contributed by atoms with van der Waals surface area (Å²) in [7, 11) is 0. The molecule has 1 rings (SSSR count). The SMILES string of the molecule is CC(Oc1ccc(C(C)(C)C)cc1Cl)C(=O)O. The summed E-state index contributed by atoms with van der Waals surface area (Å²) in [4.78, 5) is 10.7. The van der Waals surface area contributed by atoms with Crippen molar-refractivity contribution in [3.63, 3.8) is 0 Å². The number of benzene rings is 1. The Morgan fingerprint density at radius 2 is 2.00 bits per heavy atom. The van der Waals surface area contributed by atoms with E-state index in [1.807, 2.05) is 12.1 Å². The Balaban J connectivity index is 2.95. The number of rotatable bonds is 3. The van der Waals surface area contributed by atoms with Gasteiger partial charge in [-0.05, 0) is 30.0 Å². The molecule has 0 fully saturated rings. The fraction of sp³-hybridized carbons (Fsp3) is 0.462. The third kappa shape index (κ3) is 3.63. The van der Waals surface area contributed by atoms with Crippen LogP contribution in [0.2, 0.25) is 5.02 Å². The van der Waals surface area contributed by atoms with E-state index in [0.29, 0.717) is 10.8 Å². The number of carboxylic acids is 1. The smallest absolute Gasteiger partial charge is 0.344 e. The average Bonchev–Trinajstić information content (AvgIpc) is 2.19. The molecule has 3 nitrogen and oxygen atoms in total. The highest BCUT2D eigenvalue weighted by atomic mass is 35.5. The Labute approximate surface area is 106 Å². The number of carbonyl (C=O) groups is 1. The minimum absolute atomic E-state index is 0.000579. The summed E-state index contributed by atoms with van der Waals surface area (Å²) in [5, 5.41) is 9.19. The molecule has 1 aromatic carbocycles. The monoisotopic (exact) mass is 256 g/mol. The first kappa shape index (κ1) is 13.8. The topological polar surface area (TPSA) is 46.5 Å². The molecular weight excluding hydrogens is 240 g/mol. The van der Waals surface area contributed by atoms with Crippen molar-refractivity contribution in [1.82, 2.24) is 0 Å². The molecule has 0 saturated carbocycles. The average molecular weight is 257 g/mol. The third-order valence-corrected chi connectivity index (χ3v) is 2.74. The molecule has 0 aliphatic rings. The van der Waals surface area contributed by atoms with Gasteiger partial charge in [0, 0.05) is 0 Å². The first-order valence-electron chi connectivity index (χ1n) is 5.41. The Bertz CT molecular complexity index is 421. The fourth-order valence-corrected chi connectivity index (χ4v) is 1.53. The van der Waals surface area contributed by atoms with Crippen LogP contribution in [0.4, 0.5) is 0 Å². The minimum atomic E-state index is -1.01. The number of carboxylic acid groups (broad SMARTS) is 1. The molecule has 94 valence electrons. The molecule has 1 N–H and O–H groups in total. The van der Waals surface area contributed by atoms with Crippen molar-refractivity contribution in [2.75, 3.05) is 0 Å². The van der Waals surface area contributed by atoms with Gasteiger partial charge >= 0.3 is 5.97 Å². The number of hydrogen-bond acceptors (Lipinski definition) is 2. The minimum Gasteiger partial charge on any atom is -0.479 e. The quantitative estimate of drug-likeness (QED) is 0.901. The van der Waals surface area contributed by atoms with Crippen LogP contribution in [-0.4, -0.2) is 17.2 Å². The molecular formula is C13H17ClO3. The maximum Gasteiger partial charge on any atom is 0.344 e. The predicted molar refractivity (Wildman–Crippen MR) is 67.9 cm³/mol. The van der Waals surface area contributed by atoms with Crippen LogP contribution in [0.1, 0.15) is 33.3 Å². The summed E-state index contributed by atoms with van der Waals surface area (Å²) in [6.45, 7) is 7.72. The van der Waals surface area contributed by atoms with Crippen LogP contribution in [0, 0.1) is 0 Å². The molecule has 4 heteroatoms. The van der Waals surface area contributed by atoms with Gasteiger partial charge in [0.15, 0.2) is 6.10 Å². The van der Waals surface area contributed by atoms with Gasteiger partial charge in [-0.15, -0.1) is 0 Å². The van der Waals surface area contributed by atoms with Crippen molar-refractivity contribution in [2.45, 2.75) is 39.2 Å². The van der Waals surface area contributed by atoms with Crippen LogP contribution in [-0.2, 0) is 10.2 Å². The maximum atomic E-state index is 10.7. The molecule has 0 aliphatic carbocycles. The molecule has 0 bridgehead atoms. The fourth-order valence-electron chi connectivity index (χ4n) is 1.30. The standard InChI is InChI=1S/C13H17ClO3/c1-8(12(15)16)17-11-6-5-9(7-10(11)14)13(2,3)4/h5-8H,1-4H3,(H,15,16). The maximum absolute atomic E-state index is 10.7. The molecule has 17 heavy (non-hydrogen) atoms. The first-order chi connectivity index (χ1) is 7.71. The molecule has 1 unspecified atom stereocenters. The summed E-state index contributed by atoms with van der Waals surface area (Å²) >= 11 is 6.07. The van der Waals surface area contributed by atoms with Gasteiger partial charge in [0.1, 0.15) is 5.75 Å². The van der Waals surface area contributed by atoms with E-state index < -0.39 is 12.1 Å². The predicted octanol–water partition coefficient (Wildman–Crippen LogP) is 3.49. The zero-order chi connectivity index (χ0) is 13.2. The zero-order valence-corrected chi connectivity index (χ0v) is 11.2. The summed E-state index contributed by atoms with van der Waals surface area (Å²) < 4.78 is 5.24. The lowest BCUT2D eigenvalue weighted by molar-refractivity contribution is -0.144. The number of hydrogen-bond donors (Lipinski definition) is 1. The normalized spacial score (nSPS) is 13.2. The van der Waals surface area contributed by atoms with Gasteiger partial charge in [-0.3, -0.25) is 0 Å². The summed E-state index contributed by atoms with van der Waals surface area (Å²) in [6.07, 6.45) is -0.909. The number of aliphatic carboxylic acids is 1. The van der Waals surface area contributed by atoms with E-state index in [4.69, 9.17) is 21.4 Å². The highest BCUT2D eigenvalue weighted by molar-refractivity contribution is 6.32. The van der Waals surface area contributed by atoms with Crippen molar-refractivity contribution in [2.24, 2.45) is 0 Å². The molecule has 0 radical (unpaired) electrons. The lowest BCUT2D eigenvalue weighted by Gasteiger charge is -2.20. The summed E-state index contributed by atoms with van der Waals surface area (Å²) in [6, 6.07) is 5.42. The molecule has 0 aromatic heterocycles. The molecule has 0 aliphatic heterocycles. The van der Waals surface area contributed by atoms with Gasteiger partial charge in [0.05, 0.1) is 5.02 Å². The second-order valence-electron chi connectivity index (χ2n) is 4.99. The van der Waals surface area contributed by atoms with Gasteiger partial charge in [-0.1, -0.05) is 38.4 Å². The Morgan fingerprint density at radius 1 is 1.41 bits per heavy atom. The van der Waals surface area contributed by atoms with Crippen molar-refractivity contribution in [1.29, 1.82) is 0 Å².